The van der Waals surface area contributed by atoms with Crippen LogP contribution in [0.25, 0.3) is 5.69 Å². The number of hydrogen-bond donors (Lipinski definition) is 0. The fourth-order valence-electron chi connectivity index (χ4n) is 3.26. The molecule has 0 N–H and O–H groups in total. The lowest BCUT2D eigenvalue weighted by Gasteiger charge is -2.34. The van der Waals surface area contributed by atoms with Crippen LogP contribution in [0.1, 0.15) is 16.2 Å². The molecule has 1 aliphatic heterocycles. The maximum atomic E-state index is 14.0. The second-order valence-electron chi connectivity index (χ2n) is 6.65. The summed E-state index contributed by atoms with van der Waals surface area (Å²) in [6.45, 7) is 2.48. The third kappa shape index (κ3) is 4.10. The standard InChI is InChI=1S/C19H17ClF2N6O/c20-15-2-1-3-16(22)18(15)19(29)27-10-8-26(9-11-27)12-17-23-24-25-28(17)14-6-4-13(21)5-7-14/h1-7H,8-12H2. The summed E-state index contributed by atoms with van der Waals surface area (Å²) in [6, 6.07) is 10.1. The minimum Gasteiger partial charge on any atom is -0.336 e. The molecule has 1 aliphatic rings. The summed E-state index contributed by atoms with van der Waals surface area (Å²) in [7, 11) is 0. The van der Waals surface area contributed by atoms with Crippen molar-refractivity contribution in [2.45, 2.75) is 6.54 Å². The Morgan fingerprint density at radius 2 is 1.76 bits per heavy atom. The Kier molecular flexibility index (Phi) is 5.50. The number of rotatable bonds is 4. The van der Waals surface area contributed by atoms with Crippen molar-refractivity contribution >= 4 is 17.5 Å². The van der Waals surface area contributed by atoms with Crippen molar-refractivity contribution in [2.24, 2.45) is 0 Å². The molecule has 1 amide bonds. The topological polar surface area (TPSA) is 67.2 Å². The summed E-state index contributed by atoms with van der Waals surface area (Å²) in [5, 5.41) is 11.8. The number of benzene rings is 2. The third-order valence-electron chi connectivity index (χ3n) is 4.81. The van der Waals surface area contributed by atoms with Crippen molar-refractivity contribution in [3.63, 3.8) is 0 Å². The Bertz CT molecular complexity index is 998. The molecule has 1 fully saturated rings. The molecule has 0 unspecified atom stereocenters. The van der Waals surface area contributed by atoms with Crippen LogP contribution in [-0.4, -0.2) is 62.1 Å². The summed E-state index contributed by atoms with van der Waals surface area (Å²) < 4.78 is 28.7. The number of nitrogens with zero attached hydrogens (tertiary/aromatic N) is 6. The van der Waals surface area contributed by atoms with Crippen LogP contribution in [0.4, 0.5) is 8.78 Å². The van der Waals surface area contributed by atoms with E-state index in [1.54, 1.807) is 21.7 Å². The van der Waals surface area contributed by atoms with Gasteiger partial charge >= 0.3 is 0 Å². The predicted octanol–water partition coefficient (Wildman–Crippen LogP) is 2.55. The SMILES string of the molecule is O=C(c1c(F)cccc1Cl)N1CCN(Cc2nnnn2-c2ccc(F)cc2)CC1. The lowest BCUT2D eigenvalue weighted by molar-refractivity contribution is 0.0620. The van der Waals surface area contributed by atoms with Gasteiger partial charge in [-0.3, -0.25) is 9.69 Å². The molecule has 150 valence electrons. The van der Waals surface area contributed by atoms with Crippen molar-refractivity contribution in [3.8, 4) is 5.69 Å². The average Bonchev–Trinajstić information content (AvgIpc) is 3.17. The van der Waals surface area contributed by atoms with Crippen molar-refractivity contribution in [1.29, 1.82) is 0 Å². The Balaban J connectivity index is 1.41. The van der Waals surface area contributed by atoms with E-state index in [0.717, 1.165) is 0 Å². The van der Waals surface area contributed by atoms with Gasteiger partial charge in [0.05, 0.1) is 22.8 Å². The molecule has 7 nitrogen and oxygen atoms in total. The molecule has 0 spiro atoms. The van der Waals surface area contributed by atoms with Crippen molar-refractivity contribution < 1.29 is 13.6 Å². The molecule has 0 radical (unpaired) electrons. The average molecular weight is 419 g/mol. The van der Waals surface area contributed by atoms with Crippen LogP contribution >= 0.6 is 11.6 Å². The number of carbonyl (C=O) groups excluding carboxylic acids is 1. The molecule has 2 aromatic carbocycles. The maximum Gasteiger partial charge on any atom is 0.258 e. The van der Waals surface area contributed by atoms with E-state index in [1.165, 1.54) is 30.3 Å². The second kappa shape index (κ2) is 8.22. The van der Waals surface area contributed by atoms with Gasteiger partial charge in [-0.25, -0.2) is 8.78 Å². The lowest BCUT2D eigenvalue weighted by atomic mass is 10.1. The van der Waals surface area contributed by atoms with Gasteiger partial charge in [-0.1, -0.05) is 17.7 Å². The smallest absolute Gasteiger partial charge is 0.258 e. The third-order valence-corrected chi connectivity index (χ3v) is 5.12. The van der Waals surface area contributed by atoms with Gasteiger partial charge in [0.1, 0.15) is 11.6 Å². The zero-order valence-electron chi connectivity index (χ0n) is 15.3. The highest BCUT2D eigenvalue weighted by atomic mass is 35.5. The van der Waals surface area contributed by atoms with E-state index in [9.17, 15) is 13.6 Å². The molecule has 0 aliphatic carbocycles. The minimum atomic E-state index is -0.622. The van der Waals surface area contributed by atoms with E-state index >= 15 is 0 Å². The molecule has 1 saturated heterocycles. The quantitative estimate of drug-likeness (QED) is 0.651. The number of amides is 1. The van der Waals surface area contributed by atoms with Gasteiger partial charge in [-0.15, -0.1) is 5.10 Å². The molecule has 29 heavy (non-hydrogen) atoms. The lowest BCUT2D eigenvalue weighted by Crippen LogP contribution is -2.48. The molecule has 4 rings (SSSR count). The first kappa shape index (κ1) is 19.4. The van der Waals surface area contributed by atoms with E-state index in [2.05, 4.69) is 20.4 Å². The molecule has 0 bridgehead atoms. The molecular weight excluding hydrogens is 402 g/mol. The van der Waals surface area contributed by atoms with Crippen LogP contribution in [0.2, 0.25) is 5.02 Å². The van der Waals surface area contributed by atoms with E-state index in [1.807, 2.05) is 0 Å². The highest BCUT2D eigenvalue weighted by Gasteiger charge is 2.26. The van der Waals surface area contributed by atoms with Gasteiger partial charge in [0.25, 0.3) is 5.91 Å². The maximum absolute atomic E-state index is 14.0. The largest absolute Gasteiger partial charge is 0.336 e. The van der Waals surface area contributed by atoms with E-state index in [0.29, 0.717) is 44.2 Å². The molecular formula is C19H17ClF2N6O. The van der Waals surface area contributed by atoms with Crippen LogP contribution in [0, 0.1) is 11.6 Å². The first-order valence-electron chi connectivity index (χ1n) is 9.02. The van der Waals surface area contributed by atoms with Gasteiger partial charge in [-0.05, 0) is 46.8 Å². The summed E-state index contributed by atoms with van der Waals surface area (Å²) in [5.74, 6) is -0.764. The summed E-state index contributed by atoms with van der Waals surface area (Å²) in [5.41, 5.74) is 0.567. The second-order valence-corrected chi connectivity index (χ2v) is 7.06. The summed E-state index contributed by atoms with van der Waals surface area (Å²) in [6.07, 6.45) is 0. The number of hydrogen-bond acceptors (Lipinski definition) is 5. The normalized spacial score (nSPS) is 14.9. The molecule has 0 saturated carbocycles. The zero-order chi connectivity index (χ0) is 20.4. The Morgan fingerprint density at radius 3 is 2.45 bits per heavy atom. The molecule has 2 heterocycles. The monoisotopic (exact) mass is 418 g/mol. The fourth-order valence-corrected chi connectivity index (χ4v) is 3.50. The van der Waals surface area contributed by atoms with E-state index < -0.39 is 11.7 Å². The predicted molar refractivity (Wildman–Crippen MR) is 102 cm³/mol. The zero-order valence-corrected chi connectivity index (χ0v) is 16.1. The Labute approximate surface area is 170 Å². The first-order chi connectivity index (χ1) is 14.0. The molecule has 3 aromatic rings. The summed E-state index contributed by atoms with van der Waals surface area (Å²) in [4.78, 5) is 16.3. The number of halogens is 3. The Hall–Kier alpha value is -2.91. The Morgan fingerprint density at radius 1 is 1.03 bits per heavy atom. The number of piperazine rings is 1. The van der Waals surface area contributed by atoms with Gasteiger partial charge < -0.3 is 4.90 Å². The van der Waals surface area contributed by atoms with Crippen LogP contribution < -0.4 is 0 Å². The van der Waals surface area contributed by atoms with Crippen LogP contribution in [0.5, 0.6) is 0 Å². The van der Waals surface area contributed by atoms with Gasteiger partial charge in [0.2, 0.25) is 0 Å². The van der Waals surface area contributed by atoms with Crippen molar-refractivity contribution in [2.75, 3.05) is 26.2 Å². The molecule has 10 heteroatoms. The summed E-state index contributed by atoms with van der Waals surface area (Å²) >= 11 is 6.01. The number of aromatic nitrogens is 4. The van der Waals surface area contributed by atoms with Crippen molar-refractivity contribution in [3.05, 3.63) is 70.5 Å². The van der Waals surface area contributed by atoms with Crippen LogP contribution in [0.3, 0.4) is 0 Å². The van der Waals surface area contributed by atoms with Gasteiger partial charge in [-0.2, -0.15) is 4.68 Å². The minimum absolute atomic E-state index is 0.0946. The highest BCUT2D eigenvalue weighted by Crippen LogP contribution is 2.22. The first-order valence-corrected chi connectivity index (χ1v) is 9.39. The van der Waals surface area contributed by atoms with Crippen molar-refractivity contribution in [1.82, 2.24) is 30.0 Å². The molecule has 1 aromatic heterocycles. The van der Waals surface area contributed by atoms with Crippen LogP contribution in [-0.2, 0) is 6.54 Å². The van der Waals surface area contributed by atoms with E-state index in [-0.39, 0.29) is 16.4 Å². The number of tetrazole rings is 1. The fraction of sp³-hybridized carbons (Fsp3) is 0.263. The van der Waals surface area contributed by atoms with E-state index in [4.69, 9.17) is 11.6 Å². The van der Waals surface area contributed by atoms with Gasteiger partial charge in [0, 0.05) is 26.2 Å². The number of carbonyl (C=O) groups is 1. The van der Waals surface area contributed by atoms with Gasteiger partial charge in [0.15, 0.2) is 5.82 Å². The molecule has 0 atom stereocenters. The van der Waals surface area contributed by atoms with Crippen LogP contribution in [0.15, 0.2) is 42.5 Å². The highest BCUT2D eigenvalue weighted by molar-refractivity contribution is 6.33.